The lowest BCUT2D eigenvalue weighted by Gasteiger charge is -2.14. The van der Waals surface area contributed by atoms with Gasteiger partial charge in [-0.25, -0.2) is 8.78 Å². The quantitative estimate of drug-likeness (QED) is 0.731. The van der Waals surface area contributed by atoms with Gasteiger partial charge in [0, 0.05) is 6.04 Å². The second-order valence-electron chi connectivity index (χ2n) is 3.57. The zero-order chi connectivity index (χ0) is 11.0. The van der Waals surface area contributed by atoms with Crippen molar-refractivity contribution in [2.45, 2.75) is 18.9 Å². The minimum absolute atomic E-state index is 0.0579. The number of halogens is 3. The molecule has 1 aliphatic heterocycles. The van der Waals surface area contributed by atoms with Crippen LogP contribution in [0.1, 0.15) is 24.4 Å². The normalized spacial score (nSPS) is 20.9. The van der Waals surface area contributed by atoms with Crippen LogP contribution in [0.15, 0.2) is 6.07 Å². The molecule has 0 amide bonds. The van der Waals surface area contributed by atoms with Crippen molar-refractivity contribution in [3.8, 4) is 5.75 Å². The Balaban J connectivity index is 2.52. The third-order valence-electron chi connectivity index (χ3n) is 2.59. The first-order chi connectivity index (χ1) is 7.11. The van der Waals surface area contributed by atoms with Gasteiger partial charge in [0.2, 0.25) is 0 Å². The highest BCUT2D eigenvalue weighted by atomic mass is 35.5. The summed E-state index contributed by atoms with van der Waals surface area (Å²) in [6.07, 6.45) is 1.54. The fourth-order valence-electron chi connectivity index (χ4n) is 1.85. The van der Waals surface area contributed by atoms with Crippen LogP contribution in [-0.4, -0.2) is 11.7 Å². The highest BCUT2D eigenvalue weighted by Crippen LogP contribution is 2.37. The largest absolute Gasteiger partial charge is 0.505 e. The van der Waals surface area contributed by atoms with E-state index in [1.54, 1.807) is 0 Å². The van der Waals surface area contributed by atoms with E-state index in [0.717, 1.165) is 19.0 Å². The number of phenols is 1. The molecule has 1 saturated heterocycles. The molecule has 2 N–H and O–H groups in total. The van der Waals surface area contributed by atoms with E-state index in [4.69, 9.17) is 11.6 Å². The molecule has 1 unspecified atom stereocenters. The lowest BCUT2D eigenvalue weighted by atomic mass is 10.0. The van der Waals surface area contributed by atoms with Crippen LogP contribution in [0.4, 0.5) is 8.78 Å². The van der Waals surface area contributed by atoms with Crippen LogP contribution in [0.2, 0.25) is 5.02 Å². The summed E-state index contributed by atoms with van der Waals surface area (Å²) in [6, 6.07) is 0.434. The first-order valence-electron chi connectivity index (χ1n) is 4.71. The molecule has 1 aliphatic rings. The average Bonchev–Trinajstić information content (AvgIpc) is 2.69. The van der Waals surface area contributed by atoms with Crippen LogP contribution in [0, 0.1) is 11.6 Å². The number of nitrogens with one attached hydrogen (secondary N) is 1. The molecule has 1 atom stereocenters. The fraction of sp³-hybridized carbons (Fsp3) is 0.400. The van der Waals surface area contributed by atoms with Crippen LogP contribution in [0.25, 0.3) is 0 Å². The SMILES string of the molecule is Oc1c(F)cc(Cl)c(F)c1C1CCCN1. The van der Waals surface area contributed by atoms with E-state index in [2.05, 4.69) is 5.32 Å². The monoisotopic (exact) mass is 233 g/mol. The Morgan fingerprint density at radius 3 is 2.80 bits per heavy atom. The predicted molar refractivity (Wildman–Crippen MR) is 53.0 cm³/mol. The van der Waals surface area contributed by atoms with Gasteiger partial charge in [-0.1, -0.05) is 11.6 Å². The van der Waals surface area contributed by atoms with E-state index in [1.165, 1.54) is 0 Å². The van der Waals surface area contributed by atoms with Crippen molar-refractivity contribution in [1.29, 1.82) is 0 Å². The second kappa shape index (κ2) is 3.94. The van der Waals surface area contributed by atoms with Crippen molar-refractivity contribution >= 4 is 11.6 Å². The molecule has 1 aromatic rings. The number of benzene rings is 1. The van der Waals surface area contributed by atoms with Crippen LogP contribution in [0.5, 0.6) is 5.75 Å². The molecule has 0 bridgehead atoms. The zero-order valence-corrected chi connectivity index (χ0v) is 8.61. The third kappa shape index (κ3) is 1.79. The summed E-state index contributed by atoms with van der Waals surface area (Å²) < 4.78 is 26.7. The highest BCUT2D eigenvalue weighted by molar-refractivity contribution is 6.30. The molecule has 2 nitrogen and oxygen atoms in total. The van der Waals surface area contributed by atoms with E-state index < -0.39 is 17.4 Å². The summed E-state index contributed by atoms with van der Waals surface area (Å²) in [6.45, 7) is 0.734. The van der Waals surface area contributed by atoms with Crippen molar-refractivity contribution in [2.75, 3.05) is 6.54 Å². The summed E-state index contributed by atoms with van der Waals surface area (Å²) >= 11 is 5.52. The summed E-state index contributed by atoms with van der Waals surface area (Å²) in [4.78, 5) is 0. The smallest absolute Gasteiger partial charge is 0.166 e. The Kier molecular flexibility index (Phi) is 2.80. The van der Waals surface area contributed by atoms with Crippen LogP contribution in [-0.2, 0) is 0 Å². The second-order valence-corrected chi connectivity index (χ2v) is 3.97. The van der Waals surface area contributed by atoms with Crippen LogP contribution in [0.3, 0.4) is 0 Å². The Labute approximate surface area is 90.9 Å². The maximum absolute atomic E-state index is 13.6. The topological polar surface area (TPSA) is 32.3 Å². The van der Waals surface area contributed by atoms with Gasteiger partial charge >= 0.3 is 0 Å². The average molecular weight is 234 g/mol. The fourth-order valence-corrected chi connectivity index (χ4v) is 2.05. The molecule has 1 aromatic carbocycles. The molecular weight excluding hydrogens is 224 g/mol. The maximum atomic E-state index is 13.6. The number of hydrogen-bond acceptors (Lipinski definition) is 2. The molecule has 15 heavy (non-hydrogen) atoms. The first kappa shape index (κ1) is 10.6. The van der Waals surface area contributed by atoms with Crippen LogP contribution >= 0.6 is 11.6 Å². The lowest BCUT2D eigenvalue weighted by molar-refractivity contribution is 0.406. The van der Waals surface area contributed by atoms with Crippen molar-refractivity contribution in [3.05, 3.63) is 28.3 Å². The Hall–Kier alpha value is -0.870. The van der Waals surface area contributed by atoms with Gasteiger partial charge in [0.05, 0.1) is 10.6 Å². The highest BCUT2D eigenvalue weighted by Gasteiger charge is 2.26. The molecule has 1 heterocycles. The summed E-state index contributed by atoms with van der Waals surface area (Å²) in [5.74, 6) is -2.27. The number of hydrogen-bond donors (Lipinski definition) is 2. The van der Waals surface area contributed by atoms with Gasteiger partial charge in [-0.15, -0.1) is 0 Å². The summed E-state index contributed by atoms with van der Waals surface area (Å²) in [5, 5.41) is 12.1. The predicted octanol–water partition coefficient (Wildman–Crippen LogP) is 2.75. The van der Waals surface area contributed by atoms with E-state index in [1.807, 2.05) is 0 Å². The standard InChI is InChI=1S/C10H10ClF2NO/c11-5-4-6(12)10(15)8(9(5)13)7-2-1-3-14-7/h4,7,14-15H,1-3H2. The summed E-state index contributed by atoms with van der Waals surface area (Å²) in [5.41, 5.74) is -0.0579. The molecule has 0 radical (unpaired) electrons. The zero-order valence-electron chi connectivity index (χ0n) is 7.86. The Bertz CT molecular complexity index is 365. The molecule has 0 aliphatic carbocycles. The van der Waals surface area contributed by atoms with E-state index >= 15 is 0 Å². The van der Waals surface area contributed by atoms with Gasteiger partial charge in [0.25, 0.3) is 0 Å². The van der Waals surface area contributed by atoms with E-state index in [9.17, 15) is 13.9 Å². The van der Waals surface area contributed by atoms with Gasteiger partial charge < -0.3 is 10.4 Å². The lowest BCUT2D eigenvalue weighted by Crippen LogP contribution is -2.15. The Morgan fingerprint density at radius 1 is 1.47 bits per heavy atom. The number of aromatic hydroxyl groups is 1. The number of phenolic OH excluding ortho intramolecular Hbond substituents is 1. The van der Waals surface area contributed by atoms with E-state index in [0.29, 0.717) is 6.42 Å². The van der Waals surface area contributed by atoms with Gasteiger partial charge in [0.1, 0.15) is 5.82 Å². The van der Waals surface area contributed by atoms with Crippen LogP contribution < -0.4 is 5.32 Å². The summed E-state index contributed by atoms with van der Waals surface area (Å²) in [7, 11) is 0. The molecule has 1 fully saturated rings. The molecule has 0 aromatic heterocycles. The maximum Gasteiger partial charge on any atom is 0.166 e. The van der Waals surface area contributed by atoms with Gasteiger partial charge in [0.15, 0.2) is 11.6 Å². The van der Waals surface area contributed by atoms with Crippen molar-refractivity contribution in [3.63, 3.8) is 0 Å². The molecule has 2 rings (SSSR count). The molecule has 0 saturated carbocycles. The first-order valence-corrected chi connectivity index (χ1v) is 5.09. The van der Waals surface area contributed by atoms with Crippen molar-refractivity contribution in [2.24, 2.45) is 0 Å². The minimum Gasteiger partial charge on any atom is -0.505 e. The van der Waals surface area contributed by atoms with E-state index in [-0.39, 0.29) is 16.6 Å². The van der Waals surface area contributed by atoms with Gasteiger partial charge in [-0.3, -0.25) is 0 Å². The molecule has 0 spiro atoms. The Morgan fingerprint density at radius 2 is 2.20 bits per heavy atom. The minimum atomic E-state index is -0.884. The molecule has 82 valence electrons. The van der Waals surface area contributed by atoms with Crippen molar-refractivity contribution < 1.29 is 13.9 Å². The molecular formula is C10H10ClF2NO. The van der Waals surface area contributed by atoms with Crippen molar-refractivity contribution in [1.82, 2.24) is 5.32 Å². The third-order valence-corrected chi connectivity index (χ3v) is 2.86. The molecule has 5 heteroatoms. The van der Waals surface area contributed by atoms with Gasteiger partial charge in [-0.05, 0) is 25.5 Å². The van der Waals surface area contributed by atoms with Gasteiger partial charge in [-0.2, -0.15) is 0 Å². The number of rotatable bonds is 1.